The molecule has 1 aromatic carbocycles. The number of rotatable bonds is 4. The predicted octanol–water partition coefficient (Wildman–Crippen LogP) is 2.39. The topological polar surface area (TPSA) is 61.9 Å². The average Bonchev–Trinajstić information content (AvgIpc) is 2.92. The molecule has 1 N–H and O–H groups in total. The van der Waals surface area contributed by atoms with Crippen molar-refractivity contribution in [2.75, 3.05) is 0 Å². The molecule has 1 heterocycles. The summed E-state index contributed by atoms with van der Waals surface area (Å²) in [6.45, 7) is 0.692. The standard InChI is InChI=1S/C15H15N3O/c16-11-15(12-4-2-1-3-5-12)8-14(9-15)17-10-13-6-7-19-18-13/h1-7,14,17H,8-10H2. The third-order valence-electron chi connectivity index (χ3n) is 3.79. The molecule has 0 spiro atoms. The van der Waals surface area contributed by atoms with E-state index in [4.69, 9.17) is 4.52 Å². The fourth-order valence-electron chi connectivity index (χ4n) is 2.65. The molecule has 1 aliphatic carbocycles. The fraction of sp³-hybridized carbons (Fsp3) is 0.333. The third-order valence-corrected chi connectivity index (χ3v) is 3.79. The summed E-state index contributed by atoms with van der Waals surface area (Å²) in [6, 6.07) is 14.7. The minimum Gasteiger partial charge on any atom is -0.364 e. The normalized spacial score (nSPS) is 25.5. The summed E-state index contributed by atoms with van der Waals surface area (Å²) < 4.78 is 4.79. The molecule has 19 heavy (non-hydrogen) atoms. The number of aromatic nitrogens is 1. The first-order chi connectivity index (χ1) is 9.32. The Morgan fingerprint density at radius 1 is 1.32 bits per heavy atom. The number of nitriles is 1. The Kier molecular flexibility index (Phi) is 3.06. The number of hydrogen-bond donors (Lipinski definition) is 1. The summed E-state index contributed by atoms with van der Waals surface area (Å²) >= 11 is 0. The minimum atomic E-state index is -0.317. The Bertz CT molecular complexity index is 565. The van der Waals surface area contributed by atoms with Crippen molar-refractivity contribution >= 4 is 0 Å². The first kappa shape index (κ1) is 11.9. The summed E-state index contributed by atoms with van der Waals surface area (Å²) in [5.74, 6) is 0. The average molecular weight is 253 g/mol. The van der Waals surface area contributed by atoms with Crippen molar-refractivity contribution in [3.8, 4) is 6.07 Å². The van der Waals surface area contributed by atoms with Gasteiger partial charge in [0.2, 0.25) is 0 Å². The van der Waals surface area contributed by atoms with Gasteiger partial charge in [-0.3, -0.25) is 0 Å². The van der Waals surface area contributed by atoms with Crippen molar-refractivity contribution in [3.63, 3.8) is 0 Å². The van der Waals surface area contributed by atoms with Crippen LogP contribution in [0.3, 0.4) is 0 Å². The van der Waals surface area contributed by atoms with Gasteiger partial charge in [-0.1, -0.05) is 35.5 Å². The number of benzene rings is 1. The monoisotopic (exact) mass is 253 g/mol. The van der Waals surface area contributed by atoms with Crippen LogP contribution in [-0.4, -0.2) is 11.2 Å². The zero-order chi connectivity index (χ0) is 13.1. The Balaban J connectivity index is 1.60. The van der Waals surface area contributed by atoms with Gasteiger partial charge in [-0.15, -0.1) is 0 Å². The van der Waals surface area contributed by atoms with E-state index < -0.39 is 0 Å². The van der Waals surface area contributed by atoms with E-state index in [1.165, 1.54) is 0 Å². The van der Waals surface area contributed by atoms with Crippen LogP contribution in [0.5, 0.6) is 0 Å². The lowest BCUT2D eigenvalue weighted by Crippen LogP contribution is -2.50. The van der Waals surface area contributed by atoms with Crippen LogP contribution in [0.1, 0.15) is 24.1 Å². The summed E-state index contributed by atoms with van der Waals surface area (Å²) in [4.78, 5) is 0. The van der Waals surface area contributed by atoms with E-state index in [1.54, 1.807) is 6.26 Å². The van der Waals surface area contributed by atoms with Crippen LogP contribution in [0, 0.1) is 11.3 Å². The molecule has 1 aliphatic rings. The van der Waals surface area contributed by atoms with Crippen LogP contribution < -0.4 is 5.32 Å². The summed E-state index contributed by atoms with van der Waals surface area (Å²) in [7, 11) is 0. The van der Waals surface area contributed by atoms with Gasteiger partial charge < -0.3 is 9.84 Å². The highest BCUT2D eigenvalue weighted by Gasteiger charge is 2.45. The number of nitrogens with zero attached hydrogens (tertiary/aromatic N) is 2. The van der Waals surface area contributed by atoms with Crippen molar-refractivity contribution in [2.45, 2.75) is 30.8 Å². The predicted molar refractivity (Wildman–Crippen MR) is 70.1 cm³/mol. The summed E-state index contributed by atoms with van der Waals surface area (Å²) in [5.41, 5.74) is 1.70. The van der Waals surface area contributed by atoms with E-state index in [2.05, 4.69) is 16.5 Å². The van der Waals surface area contributed by atoms with Gasteiger partial charge in [0.25, 0.3) is 0 Å². The molecule has 0 saturated heterocycles. The lowest BCUT2D eigenvalue weighted by atomic mass is 9.62. The molecule has 1 saturated carbocycles. The van der Waals surface area contributed by atoms with Crippen LogP contribution in [0.4, 0.5) is 0 Å². The first-order valence-corrected chi connectivity index (χ1v) is 6.42. The van der Waals surface area contributed by atoms with Gasteiger partial charge in [0, 0.05) is 18.7 Å². The SMILES string of the molecule is N#CC1(c2ccccc2)CC(NCc2ccon2)C1. The number of hydrogen-bond acceptors (Lipinski definition) is 4. The highest BCUT2D eigenvalue weighted by atomic mass is 16.5. The highest BCUT2D eigenvalue weighted by molar-refractivity contribution is 5.36. The minimum absolute atomic E-state index is 0.317. The molecule has 0 unspecified atom stereocenters. The molecular formula is C15H15N3O. The Morgan fingerprint density at radius 2 is 2.11 bits per heavy atom. The molecule has 3 rings (SSSR count). The molecule has 4 heteroatoms. The van der Waals surface area contributed by atoms with Gasteiger partial charge in [0.15, 0.2) is 0 Å². The van der Waals surface area contributed by atoms with Crippen LogP contribution in [0.2, 0.25) is 0 Å². The molecule has 0 bridgehead atoms. The van der Waals surface area contributed by atoms with Gasteiger partial charge in [0.1, 0.15) is 6.26 Å². The summed E-state index contributed by atoms with van der Waals surface area (Å²) in [5, 5.41) is 16.7. The molecule has 0 aliphatic heterocycles. The van der Waals surface area contributed by atoms with Gasteiger partial charge in [0.05, 0.1) is 17.2 Å². The van der Waals surface area contributed by atoms with Crippen molar-refractivity contribution in [1.29, 1.82) is 5.26 Å². The second-order valence-corrected chi connectivity index (χ2v) is 5.04. The van der Waals surface area contributed by atoms with Gasteiger partial charge in [-0.05, 0) is 18.4 Å². The molecule has 0 radical (unpaired) electrons. The maximum absolute atomic E-state index is 9.45. The Hall–Kier alpha value is -2.12. The van der Waals surface area contributed by atoms with Gasteiger partial charge in [-0.25, -0.2) is 0 Å². The molecule has 1 fully saturated rings. The zero-order valence-corrected chi connectivity index (χ0v) is 10.5. The van der Waals surface area contributed by atoms with E-state index >= 15 is 0 Å². The van der Waals surface area contributed by atoms with Crippen molar-refractivity contribution in [1.82, 2.24) is 10.5 Å². The molecule has 0 atom stereocenters. The first-order valence-electron chi connectivity index (χ1n) is 6.42. The van der Waals surface area contributed by atoms with E-state index in [9.17, 15) is 5.26 Å². The Morgan fingerprint density at radius 3 is 2.74 bits per heavy atom. The molecule has 96 valence electrons. The van der Waals surface area contributed by atoms with E-state index in [0.29, 0.717) is 12.6 Å². The molecular weight excluding hydrogens is 238 g/mol. The molecule has 0 amide bonds. The highest BCUT2D eigenvalue weighted by Crippen LogP contribution is 2.43. The maximum Gasteiger partial charge on any atom is 0.124 e. The van der Waals surface area contributed by atoms with Gasteiger partial charge in [-0.2, -0.15) is 5.26 Å². The van der Waals surface area contributed by atoms with Crippen LogP contribution in [0.25, 0.3) is 0 Å². The molecule has 4 nitrogen and oxygen atoms in total. The fourth-order valence-corrected chi connectivity index (χ4v) is 2.65. The third kappa shape index (κ3) is 2.25. The van der Waals surface area contributed by atoms with Crippen molar-refractivity contribution < 1.29 is 4.52 Å². The van der Waals surface area contributed by atoms with Gasteiger partial charge >= 0.3 is 0 Å². The second-order valence-electron chi connectivity index (χ2n) is 5.04. The Labute approximate surface area is 112 Å². The lowest BCUT2D eigenvalue weighted by molar-refractivity contribution is 0.224. The number of nitrogens with one attached hydrogen (secondary N) is 1. The quantitative estimate of drug-likeness (QED) is 0.908. The second kappa shape index (κ2) is 4.87. The molecule has 1 aromatic heterocycles. The molecule has 2 aromatic rings. The van der Waals surface area contributed by atoms with Crippen LogP contribution in [0.15, 0.2) is 47.2 Å². The van der Waals surface area contributed by atoms with Crippen molar-refractivity contribution in [3.05, 3.63) is 53.9 Å². The maximum atomic E-state index is 9.45. The zero-order valence-electron chi connectivity index (χ0n) is 10.5. The summed E-state index contributed by atoms with van der Waals surface area (Å²) in [6.07, 6.45) is 3.28. The van der Waals surface area contributed by atoms with Crippen molar-refractivity contribution in [2.24, 2.45) is 0 Å². The van der Waals surface area contributed by atoms with E-state index in [1.807, 2.05) is 36.4 Å². The van der Waals surface area contributed by atoms with E-state index in [-0.39, 0.29) is 5.41 Å². The largest absolute Gasteiger partial charge is 0.364 e. The smallest absolute Gasteiger partial charge is 0.124 e. The van der Waals surface area contributed by atoms with Crippen LogP contribution in [-0.2, 0) is 12.0 Å². The van der Waals surface area contributed by atoms with Crippen LogP contribution >= 0.6 is 0 Å². The van der Waals surface area contributed by atoms with E-state index in [0.717, 1.165) is 24.1 Å². The lowest BCUT2D eigenvalue weighted by Gasteiger charge is -2.43.